The minimum atomic E-state index is -4.31. The van der Waals surface area contributed by atoms with E-state index in [-0.39, 0.29) is 6.61 Å². The van der Waals surface area contributed by atoms with Crippen LogP contribution in [0, 0.1) is 0 Å². The number of para-hydroxylation sites is 1. The fourth-order valence-electron chi connectivity index (χ4n) is 1.95. The molecule has 0 aliphatic carbocycles. The average molecular weight is 287 g/mol. The number of nitrogens with one attached hydrogen (secondary N) is 1. The molecule has 0 aliphatic rings. The minimum Gasteiger partial charge on any atom is -0.459 e. The molecule has 2 aromatic rings. The van der Waals surface area contributed by atoms with Crippen LogP contribution in [0.1, 0.15) is 18.7 Å². The second-order valence-corrected chi connectivity index (χ2v) is 4.43. The number of hydrogen-bond donors (Lipinski definition) is 1. The molecule has 0 fully saturated rings. The highest BCUT2D eigenvalue weighted by Gasteiger charge is 2.28. The normalized spacial score (nSPS) is 13.8. The summed E-state index contributed by atoms with van der Waals surface area (Å²) in [5.74, 6) is 0.579. The topological polar surface area (TPSA) is 34.4 Å². The van der Waals surface area contributed by atoms with E-state index < -0.39 is 18.8 Å². The van der Waals surface area contributed by atoms with Gasteiger partial charge < -0.3 is 14.5 Å². The van der Waals surface area contributed by atoms with Crippen LogP contribution in [0.4, 0.5) is 13.2 Å². The van der Waals surface area contributed by atoms with E-state index in [1.54, 1.807) is 0 Å². The van der Waals surface area contributed by atoms with Crippen LogP contribution in [-0.2, 0) is 4.74 Å². The summed E-state index contributed by atoms with van der Waals surface area (Å²) in [6.45, 7) is 1.14. The van der Waals surface area contributed by atoms with E-state index in [1.807, 2.05) is 37.3 Å². The number of likely N-dealkylation sites (N-methyl/N-ethyl adjacent to an activating group) is 1. The van der Waals surface area contributed by atoms with Gasteiger partial charge in [-0.15, -0.1) is 0 Å². The number of fused-ring (bicyclic) bond motifs is 1. The molecule has 2 rings (SSSR count). The molecule has 3 nitrogen and oxygen atoms in total. The maximum absolute atomic E-state index is 12.1. The highest BCUT2D eigenvalue weighted by atomic mass is 19.4. The molecule has 0 saturated heterocycles. The van der Waals surface area contributed by atoms with E-state index in [0.29, 0.717) is 17.9 Å². The van der Waals surface area contributed by atoms with Gasteiger partial charge in [-0.2, -0.15) is 13.2 Å². The molecule has 110 valence electrons. The van der Waals surface area contributed by atoms with E-state index in [2.05, 4.69) is 5.32 Å². The second-order valence-electron chi connectivity index (χ2n) is 4.43. The highest BCUT2D eigenvalue weighted by Crippen LogP contribution is 2.24. The second kappa shape index (κ2) is 6.28. The predicted molar refractivity (Wildman–Crippen MR) is 69.5 cm³/mol. The Morgan fingerprint density at radius 3 is 2.70 bits per heavy atom. The molecule has 0 spiro atoms. The maximum atomic E-state index is 12.1. The van der Waals surface area contributed by atoms with Gasteiger partial charge in [-0.25, -0.2) is 0 Å². The molecule has 1 aromatic heterocycles. The maximum Gasteiger partial charge on any atom is 0.411 e. The lowest BCUT2D eigenvalue weighted by Crippen LogP contribution is -2.27. The predicted octanol–water partition coefficient (Wildman–Crippen LogP) is 3.66. The van der Waals surface area contributed by atoms with Crippen LogP contribution < -0.4 is 5.32 Å². The molecule has 0 amide bonds. The van der Waals surface area contributed by atoms with Gasteiger partial charge in [0.1, 0.15) is 18.0 Å². The van der Waals surface area contributed by atoms with Crippen molar-refractivity contribution in [3.8, 4) is 0 Å². The molecule has 0 radical (unpaired) electrons. The number of benzene rings is 1. The number of rotatable bonds is 6. The van der Waals surface area contributed by atoms with E-state index in [4.69, 9.17) is 9.15 Å². The van der Waals surface area contributed by atoms with Crippen molar-refractivity contribution in [1.29, 1.82) is 0 Å². The Balaban J connectivity index is 2.07. The Kier molecular flexibility index (Phi) is 4.67. The van der Waals surface area contributed by atoms with E-state index in [1.165, 1.54) is 0 Å². The molecule has 0 bridgehead atoms. The first-order valence-electron chi connectivity index (χ1n) is 6.36. The third kappa shape index (κ3) is 3.98. The molecule has 1 heterocycles. The summed E-state index contributed by atoms with van der Waals surface area (Å²) in [7, 11) is 0. The highest BCUT2D eigenvalue weighted by molar-refractivity contribution is 5.77. The van der Waals surface area contributed by atoms with Gasteiger partial charge in [0.15, 0.2) is 0 Å². The van der Waals surface area contributed by atoms with Gasteiger partial charge in [0.05, 0.1) is 12.6 Å². The summed E-state index contributed by atoms with van der Waals surface area (Å²) < 4.78 is 46.6. The van der Waals surface area contributed by atoms with Crippen molar-refractivity contribution >= 4 is 11.0 Å². The monoisotopic (exact) mass is 287 g/mol. The third-order valence-electron chi connectivity index (χ3n) is 2.79. The Morgan fingerprint density at radius 1 is 1.30 bits per heavy atom. The van der Waals surface area contributed by atoms with Crippen molar-refractivity contribution in [2.75, 3.05) is 19.8 Å². The fourth-order valence-corrected chi connectivity index (χ4v) is 1.95. The van der Waals surface area contributed by atoms with Crippen molar-refractivity contribution < 1.29 is 22.3 Å². The molecule has 0 aliphatic heterocycles. The van der Waals surface area contributed by atoms with Crippen molar-refractivity contribution in [2.45, 2.75) is 19.1 Å². The van der Waals surface area contributed by atoms with Crippen molar-refractivity contribution in [3.05, 3.63) is 36.1 Å². The molecule has 20 heavy (non-hydrogen) atoms. The molecular weight excluding hydrogens is 271 g/mol. The van der Waals surface area contributed by atoms with Gasteiger partial charge >= 0.3 is 6.18 Å². The van der Waals surface area contributed by atoms with Gasteiger partial charge in [0, 0.05) is 5.39 Å². The summed E-state index contributed by atoms with van der Waals surface area (Å²) in [5, 5.41) is 3.98. The molecule has 0 saturated carbocycles. The molecule has 1 atom stereocenters. The van der Waals surface area contributed by atoms with Crippen LogP contribution in [0.25, 0.3) is 11.0 Å². The smallest absolute Gasteiger partial charge is 0.411 e. The Labute approximate surface area is 114 Å². The van der Waals surface area contributed by atoms with Gasteiger partial charge in [0.25, 0.3) is 0 Å². The average Bonchev–Trinajstić information content (AvgIpc) is 2.80. The van der Waals surface area contributed by atoms with Crippen LogP contribution in [0.5, 0.6) is 0 Å². The number of ether oxygens (including phenoxy) is 1. The van der Waals surface area contributed by atoms with Crippen LogP contribution >= 0.6 is 0 Å². The zero-order valence-corrected chi connectivity index (χ0v) is 11.0. The Morgan fingerprint density at radius 2 is 2.05 bits per heavy atom. The third-order valence-corrected chi connectivity index (χ3v) is 2.79. The van der Waals surface area contributed by atoms with Gasteiger partial charge in [0.2, 0.25) is 0 Å². The molecular formula is C14H16F3NO2. The van der Waals surface area contributed by atoms with Gasteiger partial charge in [-0.3, -0.25) is 0 Å². The summed E-state index contributed by atoms with van der Waals surface area (Å²) in [5.41, 5.74) is 0.709. The summed E-state index contributed by atoms with van der Waals surface area (Å²) in [6, 6.07) is 8.86. The lowest BCUT2D eigenvalue weighted by molar-refractivity contribution is -0.175. The van der Waals surface area contributed by atoms with Crippen LogP contribution in [0.3, 0.4) is 0 Å². The first-order chi connectivity index (χ1) is 9.49. The van der Waals surface area contributed by atoms with E-state index >= 15 is 0 Å². The largest absolute Gasteiger partial charge is 0.459 e. The van der Waals surface area contributed by atoms with Crippen molar-refractivity contribution in [2.24, 2.45) is 0 Å². The number of alkyl halides is 3. The lowest BCUT2D eigenvalue weighted by atomic mass is 10.2. The standard InChI is InChI=1S/C14H16F3NO2/c1-2-18-11(8-19-9-14(15,16)17)13-7-10-5-3-4-6-12(10)20-13/h3-7,11,18H,2,8-9H2,1H3. The molecule has 1 unspecified atom stereocenters. The number of halogens is 3. The zero-order valence-electron chi connectivity index (χ0n) is 11.0. The first kappa shape index (κ1) is 14.9. The quantitative estimate of drug-likeness (QED) is 0.880. The van der Waals surface area contributed by atoms with Gasteiger partial charge in [-0.05, 0) is 18.7 Å². The summed E-state index contributed by atoms with van der Waals surface area (Å²) >= 11 is 0. The van der Waals surface area contributed by atoms with E-state index in [0.717, 1.165) is 5.39 Å². The molecule has 6 heteroatoms. The first-order valence-corrected chi connectivity index (χ1v) is 6.36. The van der Waals surface area contributed by atoms with Gasteiger partial charge in [-0.1, -0.05) is 25.1 Å². The molecule has 1 N–H and O–H groups in total. The van der Waals surface area contributed by atoms with Crippen LogP contribution in [0.15, 0.2) is 34.7 Å². The summed E-state index contributed by atoms with van der Waals surface area (Å²) in [6.07, 6.45) is -4.31. The zero-order chi connectivity index (χ0) is 14.6. The number of furan rings is 1. The Bertz CT molecular complexity index is 518. The Hall–Kier alpha value is -1.53. The van der Waals surface area contributed by atoms with Crippen LogP contribution in [-0.4, -0.2) is 25.9 Å². The summed E-state index contributed by atoms with van der Waals surface area (Å²) in [4.78, 5) is 0. The van der Waals surface area contributed by atoms with Crippen molar-refractivity contribution in [1.82, 2.24) is 5.32 Å². The van der Waals surface area contributed by atoms with E-state index in [9.17, 15) is 13.2 Å². The van der Waals surface area contributed by atoms with Crippen molar-refractivity contribution in [3.63, 3.8) is 0 Å². The molecule has 1 aromatic carbocycles. The van der Waals surface area contributed by atoms with Crippen LogP contribution in [0.2, 0.25) is 0 Å². The minimum absolute atomic E-state index is 0.0901. The SMILES string of the molecule is CCNC(COCC(F)(F)F)c1cc2ccccc2o1. The number of hydrogen-bond acceptors (Lipinski definition) is 3. The lowest BCUT2D eigenvalue weighted by Gasteiger charge is -2.16. The fraction of sp³-hybridized carbons (Fsp3) is 0.429.